The van der Waals surface area contributed by atoms with Crippen molar-refractivity contribution in [3.63, 3.8) is 0 Å². The summed E-state index contributed by atoms with van der Waals surface area (Å²) in [4.78, 5) is 11.2. The first-order chi connectivity index (χ1) is 14.3. The number of halogens is 1. The molecular formula is C21H34BrNO6S. The van der Waals surface area contributed by atoms with Crippen molar-refractivity contribution in [3.8, 4) is 5.75 Å². The maximum atomic E-state index is 12.0. The predicted octanol–water partition coefficient (Wildman–Crippen LogP) is 3.79. The molecule has 0 saturated carbocycles. The number of benzene rings is 1. The zero-order valence-electron chi connectivity index (χ0n) is 17.6. The summed E-state index contributed by atoms with van der Waals surface area (Å²) in [6.45, 7) is 2.77. The van der Waals surface area contributed by atoms with E-state index in [0.717, 1.165) is 30.2 Å². The lowest BCUT2D eigenvalue weighted by atomic mass is 10.1. The lowest BCUT2D eigenvalue weighted by Gasteiger charge is -2.12. The fourth-order valence-electron chi connectivity index (χ4n) is 2.79. The molecular weight excluding hydrogens is 474 g/mol. The van der Waals surface area contributed by atoms with Crippen molar-refractivity contribution in [1.82, 2.24) is 4.72 Å². The lowest BCUT2D eigenvalue weighted by molar-refractivity contribution is -0.143. The van der Waals surface area contributed by atoms with Gasteiger partial charge in [0.15, 0.2) is 0 Å². The molecule has 0 heterocycles. The lowest BCUT2D eigenvalue weighted by Crippen LogP contribution is -2.27. The average Bonchev–Trinajstić information content (AvgIpc) is 2.69. The molecule has 1 rings (SSSR count). The van der Waals surface area contributed by atoms with Gasteiger partial charge in [-0.2, -0.15) is 0 Å². The Morgan fingerprint density at radius 1 is 1.17 bits per heavy atom. The minimum absolute atomic E-state index is 0.0507. The van der Waals surface area contributed by atoms with Crippen molar-refractivity contribution in [2.24, 2.45) is 0 Å². The fourth-order valence-corrected chi connectivity index (χ4v) is 4.35. The average molecular weight is 508 g/mol. The number of carbonyl (C=O) groups excluding carboxylic acids is 1. The molecule has 2 N–H and O–H groups in total. The summed E-state index contributed by atoms with van der Waals surface area (Å²) in [6, 6.07) is 7.39. The highest BCUT2D eigenvalue weighted by atomic mass is 79.9. The second-order valence-electron chi connectivity index (χ2n) is 7.10. The number of rotatable bonds is 17. The summed E-state index contributed by atoms with van der Waals surface area (Å²) < 4.78 is 37.9. The van der Waals surface area contributed by atoms with E-state index in [1.807, 2.05) is 24.3 Å². The van der Waals surface area contributed by atoms with E-state index in [-0.39, 0.29) is 18.3 Å². The van der Waals surface area contributed by atoms with Crippen LogP contribution in [0, 0.1) is 0 Å². The predicted molar refractivity (Wildman–Crippen MR) is 121 cm³/mol. The van der Waals surface area contributed by atoms with E-state index in [1.165, 1.54) is 0 Å². The minimum Gasteiger partial charge on any atom is -0.491 e. The summed E-state index contributed by atoms with van der Waals surface area (Å²) >= 11 is 3.36. The van der Waals surface area contributed by atoms with Gasteiger partial charge in [0, 0.05) is 17.4 Å². The molecule has 1 atom stereocenters. The number of unbranched alkanes of at least 4 members (excludes halogenated alkanes) is 4. The number of hydrogen-bond acceptors (Lipinski definition) is 6. The molecule has 30 heavy (non-hydrogen) atoms. The summed E-state index contributed by atoms with van der Waals surface area (Å²) in [5.41, 5.74) is 0. The Labute approximate surface area is 188 Å². The van der Waals surface area contributed by atoms with Gasteiger partial charge in [-0.25, -0.2) is 13.1 Å². The van der Waals surface area contributed by atoms with Gasteiger partial charge < -0.3 is 14.6 Å². The molecule has 1 aromatic carbocycles. The Bertz CT molecular complexity index is 713. The summed E-state index contributed by atoms with van der Waals surface area (Å²) in [5, 5.41) is 9.99. The third kappa shape index (κ3) is 14.0. The number of sulfonamides is 1. The Morgan fingerprint density at radius 3 is 2.67 bits per heavy atom. The molecule has 0 aromatic heterocycles. The standard InChI is InChI=1S/C21H34BrNO6S/c1-2-28-21(25)13-5-3-4-7-14-23-30(26,27)15-8-6-11-19(24)17-29-20-12-9-10-18(22)16-20/h9-10,12,16,19,23-24H,2-8,11,13-15,17H2,1H3. The largest absolute Gasteiger partial charge is 0.491 e. The number of esters is 1. The van der Waals surface area contributed by atoms with E-state index < -0.39 is 16.1 Å². The second-order valence-corrected chi connectivity index (χ2v) is 9.94. The highest BCUT2D eigenvalue weighted by Crippen LogP contribution is 2.18. The molecule has 172 valence electrons. The second kappa shape index (κ2) is 15.6. The van der Waals surface area contributed by atoms with Crippen LogP contribution in [0.15, 0.2) is 28.7 Å². The van der Waals surface area contributed by atoms with Crippen LogP contribution in [0.2, 0.25) is 0 Å². The third-order valence-electron chi connectivity index (χ3n) is 4.37. The molecule has 0 aliphatic carbocycles. The van der Waals surface area contributed by atoms with Crippen molar-refractivity contribution in [1.29, 1.82) is 0 Å². The highest BCUT2D eigenvalue weighted by molar-refractivity contribution is 9.10. The normalized spacial score (nSPS) is 12.5. The zero-order chi connectivity index (χ0) is 22.2. The van der Waals surface area contributed by atoms with E-state index >= 15 is 0 Å². The van der Waals surface area contributed by atoms with Crippen molar-refractivity contribution in [2.75, 3.05) is 25.5 Å². The molecule has 1 aromatic rings. The number of nitrogens with one attached hydrogen (secondary N) is 1. The Morgan fingerprint density at radius 2 is 1.93 bits per heavy atom. The summed E-state index contributed by atoms with van der Waals surface area (Å²) in [5.74, 6) is 0.550. The van der Waals surface area contributed by atoms with Crippen LogP contribution in [-0.2, 0) is 19.6 Å². The topological polar surface area (TPSA) is 102 Å². The van der Waals surface area contributed by atoms with Gasteiger partial charge in [0.2, 0.25) is 10.0 Å². The molecule has 0 aliphatic rings. The van der Waals surface area contributed by atoms with E-state index in [9.17, 15) is 18.3 Å². The molecule has 0 saturated heterocycles. The number of aliphatic hydroxyl groups is 1. The van der Waals surface area contributed by atoms with E-state index in [4.69, 9.17) is 9.47 Å². The summed E-state index contributed by atoms with van der Waals surface area (Å²) in [7, 11) is -3.30. The van der Waals surface area contributed by atoms with Gasteiger partial charge >= 0.3 is 5.97 Å². The summed E-state index contributed by atoms with van der Waals surface area (Å²) in [6.07, 6.45) is 4.62. The van der Waals surface area contributed by atoms with Crippen LogP contribution in [0.25, 0.3) is 0 Å². The van der Waals surface area contributed by atoms with Crippen LogP contribution in [0.4, 0.5) is 0 Å². The van der Waals surface area contributed by atoms with E-state index in [1.54, 1.807) is 6.92 Å². The first kappa shape index (κ1) is 26.9. The Kier molecular flexibility index (Phi) is 14.0. The van der Waals surface area contributed by atoms with Crippen molar-refractivity contribution >= 4 is 31.9 Å². The van der Waals surface area contributed by atoms with Gasteiger partial charge in [-0.1, -0.05) is 34.8 Å². The molecule has 1 unspecified atom stereocenters. The van der Waals surface area contributed by atoms with Crippen molar-refractivity contribution in [2.45, 2.75) is 64.4 Å². The molecule has 0 radical (unpaired) electrons. The van der Waals surface area contributed by atoms with Gasteiger partial charge in [0.05, 0.1) is 18.5 Å². The number of carbonyl (C=O) groups is 1. The third-order valence-corrected chi connectivity index (χ3v) is 6.34. The smallest absolute Gasteiger partial charge is 0.305 e. The van der Waals surface area contributed by atoms with Gasteiger partial charge in [0.25, 0.3) is 0 Å². The monoisotopic (exact) mass is 507 g/mol. The Balaban J connectivity index is 2.03. The molecule has 9 heteroatoms. The maximum Gasteiger partial charge on any atom is 0.305 e. The van der Waals surface area contributed by atoms with Gasteiger partial charge in [-0.15, -0.1) is 0 Å². The zero-order valence-corrected chi connectivity index (χ0v) is 20.0. The van der Waals surface area contributed by atoms with E-state index in [0.29, 0.717) is 44.6 Å². The van der Waals surface area contributed by atoms with Gasteiger partial charge in [0.1, 0.15) is 12.4 Å². The molecule has 0 bridgehead atoms. The molecule has 7 nitrogen and oxygen atoms in total. The highest BCUT2D eigenvalue weighted by Gasteiger charge is 2.11. The van der Waals surface area contributed by atoms with E-state index in [2.05, 4.69) is 20.7 Å². The molecule has 0 amide bonds. The quantitative estimate of drug-likeness (QED) is 0.245. The number of hydrogen-bond donors (Lipinski definition) is 2. The molecule has 0 spiro atoms. The van der Waals surface area contributed by atoms with Crippen molar-refractivity contribution < 1.29 is 27.8 Å². The minimum atomic E-state index is -3.30. The van der Waals surface area contributed by atoms with Crippen LogP contribution >= 0.6 is 15.9 Å². The van der Waals surface area contributed by atoms with Gasteiger partial charge in [-0.05, 0) is 57.2 Å². The van der Waals surface area contributed by atoms with Crippen LogP contribution in [0.3, 0.4) is 0 Å². The van der Waals surface area contributed by atoms with Crippen LogP contribution in [0.1, 0.15) is 58.3 Å². The number of ether oxygens (including phenoxy) is 2. The van der Waals surface area contributed by atoms with Crippen LogP contribution < -0.4 is 9.46 Å². The first-order valence-corrected chi connectivity index (χ1v) is 13.0. The maximum absolute atomic E-state index is 12.0. The fraction of sp³-hybridized carbons (Fsp3) is 0.667. The van der Waals surface area contributed by atoms with Gasteiger partial charge in [-0.3, -0.25) is 4.79 Å². The number of aliphatic hydroxyl groups excluding tert-OH is 1. The van der Waals surface area contributed by atoms with Crippen LogP contribution in [-0.4, -0.2) is 51.1 Å². The Hall–Kier alpha value is -1.16. The first-order valence-electron chi connectivity index (χ1n) is 10.5. The van der Waals surface area contributed by atoms with Crippen molar-refractivity contribution in [3.05, 3.63) is 28.7 Å². The molecule has 0 aliphatic heterocycles. The molecule has 0 fully saturated rings. The SMILES string of the molecule is CCOC(=O)CCCCCCNS(=O)(=O)CCCCC(O)COc1cccc(Br)c1. The van der Waals surface area contributed by atoms with Crippen LogP contribution in [0.5, 0.6) is 5.75 Å².